The van der Waals surface area contributed by atoms with E-state index in [9.17, 15) is 4.79 Å². The molecule has 0 spiro atoms. The lowest BCUT2D eigenvalue weighted by Gasteiger charge is -2.42. The smallest absolute Gasteiger partial charge is 0.133 e. The molecule has 1 saturated heterocycles. The molecule has 1 aliphatic heterocycles. The van der Waals surface area contributed by atoms with Crippen LogP contribution in [-0.2, 0) is 4.79 Å². The molecule has 1 aliphatic rings. The van der Waals surface area contributed by atoms with Crippen molar-refractivity contribution >= 4 is 6.29 Å². The number of carbonyl (C=O) groups excluding carboxylic acids is 1. The Morgan fingerprint density at radius 3 is 2.64 bits per heavy atom. The first-order chi connectivity index (χ1) is 6.69. The molecule has 3 nitrogen and oxygen atoms in total. The molecule has 0 bridgehead atoms. The summed E-state index contributed by atoms with van der Waals surface area (Å²) in [5, 5.41) is 0. The van der Waals surface area contributed by atoms with Gasteiger partial charge in [-0.15, -0.1) is 0 Å². The summed E-state index contributed by atoms with van der Waals surface area (Å²) in [6.07, 6.45) is 1.01. The molecular formula is C11H22N2O. The van der Waals surface area contributed by atoms with Crippen LogP contribution in [0.2, 0.25) is 0 Å². The largest absolute Gasteiger partial charge is 0.302 e. The quantitative estimate of drug-likeness (QED) is 0.626. The summed E-state index contributed by atoms with van der Waals surface area (Å²) in [5.41, 5.74) is 0. The Hall–Kier alpha value is -0.410. The zero-order chi connectivity index (χ0) is 10.6. The van der Waals surface area contributed by atoms with Gasteiger partial charge in [-0.25, -0.2) is 0 Å². The van der Waals surface area contributed by atoms with Gasteiger partial charge in [-0.05, 0) is 12.5 Å². The van der Waals surface area contributed by atoms with Crippen LogP contribution in [0.4, 0.5) is 0 Å². The van der Waals surface area contributed by atoms with Crippen molar-refractivity contribution in [2.45, 2.75) is 26.8 Å². The molecule has 1 atom stereocenters. The number of likely N-dealkylation sites (N-methyl/N-ethyl adjacent to an activating group) is 1. The molecule has 0 aromatic heterocycles. The highest BCUT2D eigenvalue weighted by atomic mass is 16.1. The van der Waals surface area contributed by atoms with Crippen molar-refractivity contribution in [3.05, 3.63) is 0 Å². The number of hydrogen-bond acceptors (Lipinski definition) is 3. The van der Waals surface area contributed by atoms with Crippen LogP contribution in [0.5, 0.6) is 0 Å². The molecule has 0 N–H and O–H groups in total. The van der Waals surface area contributed by atoms with Crippen LogP contribution < -0.4 is 0 Å². The summed E-state index contributed by atoms with van der Waals surface area (Å²) in [4.78, 5) is 15.2. The fraction of sp³-hybridized carbons (Fsp3) is 0.909. The molecule has 0 aliphatic carbocycles. The van der Waals surface area contributed by atoms with Gasteiger partial charge in [-0.3, -0.25) is 9.80 Å². The van der Waals surface area contributed by atoms with Gasteiger partial charge in [0, 0.05) is 25.7 Å². The minimum absolute atomic E-state index is 0.598. The lowest BCUT2D eigenvalue weighted by atomic mass is 9.99. The van der Waals surface area contributed by atoms with Crippen LogP contribution in [0.1, 0.15) is 20.8 Å². The Bertz CT molecular complexity index is 182. The van der Waals surface area contributed by atoms with E-state index in [0.29, 0.717) is 18.5 Å². The summed E-state index contributed by atoms with van der Waals surface area (Å²) >= 11 is 0. The zero-order valence-corrected chi connectivity index (χ0v) is 9.57. The van der Waals surface area contributed by atoms with Gasteiger partial charge in [-0.2, -0.15) is 0 Å². The average Bonchev–Trinajstić information content (AvgIpc) is 2.18. The molecular weight excluding hydrogens is 176 g/mol. The van der Waals surface area contributed by atoms with Crippen molar-refractivity contribution in [2.24, 2.45) is 5.92 Å². The molecule has 0 saturated carbocycles. The van der Waals surface area contributed by atoms with Crippen LogP contribution in [0, 0.1) is 5.92 Å². The van der Waals surface area contributed by atoms with Gasteiger partial charge < -0.3 is 4.79 Å². The van der Waals surface area contributed by atoms with Crippen LogP contribution in [0.15, 0.2) is 0 Å². The van der Waals surface area contributed by atoms with Gasteiger partial charge in [0.25, 0.3) is 0 Å². The van der Waals surface area contributed by atoms with Gasteiger partial charge in [-0.1, -0.05) is 20.8 Å². The molecule has 82 valence electrons. The van der Waals surface area contributed by atoms with Crippen molar-refractivity contribution < 1.29 is 4.79 Å². The molecule has 0 aromatic rings. The van der Waals surface area contributed by atoms with Gasteiger partial charge >= 0.3 is 0 Å². The normalized spacial score (nSPS) is 25.6. The second kappa shape index (κ2) is 5.47. The van der Waals surface area contributed by atoms with E-state index in [2.05, 4.69) is 30.6 Å². The standard InChI is InChI=1S/C11H22N2O/c1-4-13-6-5-12(7-8-14)9-11(13)10(2)3/h8,10-11H,4-7,9H2,1-3H3. The maximum Gasteiger partial charge on any atom is 0.133 e. The zero-order valence-electron chi connectivity index (χ0n) is 9.57. The number of carbonyl (C=O) groups is 1. The first-order valence-electron chi connectivity index (χ1n) is 5.59. The fourth-order valence-corrected chi connectivity index (χ4v) is 2.20. The highest BCUT2D eigenvalue weighted by Crippen LogP contribution is 2.16. The van der Waals surface area contributed by atoms with Crippen LogP contribution in [0.25, 0.3) is 0 Å². The van der Waals surface area contributed by atoms with Crippen molar-refractivity contribution in [1.82, 2.24) is 9.80 Å². The molecule has 1 rings (SSSR count). The van der Waals surface area contributed by atoms with Gasteiger partial charge in [0.15, 0.2) is 0 Å². The summed E-state index contributed by atoms with van der Waals surface area (Å²) < 4.78 is 0. The minimum Gasteiger partial charge on any atom is -0.302 e. The van der Waals surface area contributed by atoms with E-state index < -0.39 is 0 Å². The second-order valence-corrected chi connectivity index (χ2v) is 4.37. The number of nitrogens with zero attached hydrogens (tertiary/aromatic N) is 2. The minimum atomic E-state index is 0.598. The lowest BCUT2D eigenvalue weighted by molar-refractivity contribution is -0.109. The highest BCUT2D eigenvalue weighted by Gasteiger charge is 2.27. The topological polar surface area (TPSA) is 23.6 Å². The van der Waals surface area contributed by atoms with Gasteiger partial charge in [0.2, 0.25) is 0 Å². The van der Waals surface area contributed by atoms with E-state index >= 15 is 0 Å². The summed E-state index contributed by atoms with van der Waals surface area (Å²) in [5.74, 6) is 0.671. The first kappa shape index (κ1) is 11.7. The first-order valence-corrected chi connectivity index (χ1v) is 5.59. The average molecular weight is 198 g/mol. The Morgan fingerprint density at radius 1 is 1.43 bits per heavy atom. The Kier molecular flexibility index (Phi) is 4.55. The second-order valence-electron chi connectivity index (χ2n) is 4.37. The predicted octanol–water partition coefficient (Wildman–Crippen LogP) is 0.847. The molecule has 0 amide bonds. The Labute approximate surface area is 87.1 Å². The number of hydrogen-bond donors (Lipinski definition) is 0. The van der Waals surface area contributed by atoms with Crippen LogP contribution in [0.3, 0.4) is 0 Å². The van der Waals surface area contributed by atoms with E-state index in [4.69, 9.17) is 0 Å². The van der Waals surface area contributed by atoms with E-state index in [1.165, 1.54) is 0 Å². The number of aldehydes is 1. The van der Waals surface area contributed by atoms with Crippen molar-refractivity contribution in [3.63, 3.8) is 0 Å². The van der Waals surface area contributed by atoms with Crippen molar-refractivity contribution in [3.8, 4) is 0 Å². The van der Waals surface area contributed by atoms with E-state index in [-0.39, 0.29) is 0 Å². The van der Waals surface area contributed by atoms with Crippen molar-refractivity contribution in [1.29, 1.82) is 0 Å². The molecule has 0 radical (unpaired) electrons. The summed E-state index contributed by atoms with van der Waals surface area (Å²) in [6, 6.07) is 0.619. The number of piperazine rings is 1. The highest BCUT2D eigenvalue weighted by molar-refractivity contribution is 5.52. The third-order valence-electron chi connectivity index (χ3n) is 3.13. The third kappa shape index (κ3) is 2.79. The summed E-state index contributed by atoms with van der Waals surface area (Å²) in [7, 11) is 0. The lowest BCUT2D eigenvalue weighted by Crippen LogP contribution is -2.55. The van der Waals surface area contributed by atoms with Gasteiger partial charge in [0.05, 0.1) is 6.54 Å². The SMILES string of the molecule is CCN1CCN(CC=O)CC1C(C)C. The molecule has 14 heavy (non-hydrogen) atoms. The molecule has 1 unspecified atom stereocenters. The molecule has 1 fully saturated rings. The Morgan fingerprint density at radius 2 is 2.14 bits per heavy atom. The van der Waals surface area contributed by atoms with E-state index in [1.807, 2.05) is 0 Å². The predicted molar refractivity (Wildman–Crippen MR) is 58.4 cm³/mol. The molecule has 0 aromatic carbocycles. The molecule has 1 heterocycles. The van der Waals surface area contributed by atoms with Crippen LogP contribution >= 0.6 is 0 Å². The third-order valence-corrected chi connectivity index (χ3v) is 3.13. The molecule has 3 heteroatoms. The Balaban J connectivity index is 2.52. The van der Waals surface area contributed by atoms with Crippen LogP contribution in [-0.4, -0.2) is 54.9 Å². The fourth-order valence-electron chi connectivity index (χ4n) is 2.20. The van der Waals surface area contributed by atoms with E-state index in [1.54, 1.807) is 0 Å². The maximum atomic E-state index is 10.4. The monoisotopic (exact) mass is 198 g/mol. The maximum absolute atomic E-state index is 10.4. The summed E-state index contributed by atoms with van der Waals surface area (Å²) in [6.45, 7) is 11.6. The number of rotatable bonds is 4. The van der Waals surface area contributed by atoms with Gasteiger partial charge in [0.1, 0.15) is 6.29 Å². The van der Waals surface area contributed by atoms with Crippen molar-refractivity contribution in [2.75, 3.05) is 32.7 Å². The van der Waals surface area contributed by atoms with E-state index in [0.717, 1.165) is 32.5 Å².